The summed E-state index contributed by atoms with van der Waals surface area (Å²) in [6.45, 7) is 2.03. The second-order valence-corrected chi connectivity index (χ2v) is 7.73. The molecule has 29 heavy (non-hydrogen) atoms. The number of rotatable bonds is 5. The first kappa shape index (κ1) is 19.5. The molecule has 0 aliphatic carbocycles. The Hall–Kier alpha value is -2.86. The van der Waals surface area contributed by atoms with Crippen molar-refractivity contribution in [2.24, 2.45) is 0 Å². The van der Waals surface area contributed by atoms with Crippen molar-refractivity contribution in [2.45, 2.75) is 13.3 Å². The van der Waals surface area contributed by atoms with E-state index in [4.69, 9.17) is 14.5 Å². The van der Waals surface area contributed by atoms with E-state index in [1.807, 2.05) is 43.5 Å². The normalized spacial score (nSPS) is 11.1. The minimum Gasteiger partial charge on any atom is -0.493 e. The Morgan fingerprint density at radius 2 is 1.83 bits per heavy atom. The van der Waals surface area contributed by atoms with Crippen molar-refractivity contribution >= 4 is 21.6 Å². The third-order valence-corrected chi connectivity index (χ3v) is 5.32. The molecule has 0 fully saturated rings. The maximum Gasteiger partial charge on any atom is 0.161 e. The predicted octanol–water partition coefficient (Wildman–Crippen LogP) is 5.82. The molecule has 0 N–H and O–H groups in total. The summed E-state index contributed by atoms with van der Waals surface area (Å²) >= 11 is 3.58. The summed E-state index contributed by atoms with van der Waals surface area (Å²) in [5, 5.41) is 0. The molecular weight excluding hydrogens is 435 g/mol. The molecule has 0 unspecified atom stereocenters. The maximum absolute atomic E-state index is 13.8. The average molecular weight is 455 g/mol. The number of nitrogens with zero attached hydrogens (tertiary/aromatic N) is 2. The third-order valence-electron chi connectivity index (χ3n) is 4.89. The number of halogens is 2. The fourth-order valence-corrected chi connectivity index (χ4v) is 4.09. The Bertz CT molecular complexity index is 1200. The molecule has 0 saturated carbocycles. The van der Waals surface area contributed by atoms with Gasteiger partial charge in [-0.1, -0.05) is 12.1 Å². The first-order valence-electron chi connectivity index (χ1n) is 9.14. The summed E-state index contributed by atoms with van der Waals surface area (Å²) in [5.41, 5.74) is 5.51. The van der Waals surface area contributed by atoms with Crippen LogP contribution in [0.15, 0.2) is 59.2 Å². The molecule has 4 aromatic rings. The van der Waals surface area contributed by atoms with Crippen molar-refractivity contribution in [3.05, 3.63) is 81.8 Å². The van der Waals surface area contributed by atoms with Crippen LogP contribution < -0.4 is 9.47 Å². The number of imidazole rings is 1. The van der Waals surface area contributed by atoms with Crippen LogP contribution in [0.1, 0.15) is 16.8 Å². The summed E-state index contributed by atoms with van der Waals surface area (Å²) in [6.07, 6.45) is 2.53. The average Bonchev–Trinajstić information content (AvgIpc) is 3.06. The molecule has 0 amide bonds. The second kappa shape index (κ2) is 7.87. The van der Waals surface area contributed by atoms with E-state index < -0.39 is 0 Å². The van der Waals surface area contributed by atoms with Crippen LogP contribution in [0.3, 0.4) is 0 Å². The molecule has 0 saturated heterocycles. The van der Waals surface area contributed by atoms with Crippen LogP contribution in [0.5, 0.6) is 11.5 Å². The molecule has 0 atom stereocenters. The van der Waals surface area contributed by atoms with Crippen molar-refractivity contribution in [2.75, 3.05) is 14.2 Å². The molecule has 0 aliphatic rings. The molecule has 2 aromatic heterocycles. The van der Waals surface area contributed by atoms with E-state index in [0.29, 0.717) is 17.9 Å². The Balaban J connectivity index is 1.94. The van der Waals surface area contributed by atoms with Crippen molar-refractivity contribution in [3.63, 3.8) is 0 Å². The van der Waals surface area contributed by atoms with Crippen molar-refractivity contribution in [1.29, 1.82) is 0 Å². The highest BCUT2D eigenvalue weighted by Crippen LogP contribution is 2.35. The van der Waals surface area contributed by atoms with Crippen LogP contribution in [0.25, 0.3) is 16.9 Å². The standard InChI is InChI=1S/C23H20BrFN2O2/c1-14-9-17(24)13-27-19(11-15-5-4-6-18(25)10-15)22(26-23(14)27)16-7-8-20(28-2)21(12-16)29-3/h4-10,12-13H,11H2,1-3H3. The number of ether oxygens (including phenoxy) is 2. The highest BCUT2D eigenvalue weighted by atomic mass is 79.9. The molecule has 2 heterocycles. The van der Waals surface area contributed by atoms with Crippen molar-refractivity contribution in [3.8, 4) is 22.8 Å². The molecule has 6 heteroatoms. The zero-order chi connectivity index (χ0) is 20.5. The first-order valence-corrected chi connectivity index (χ1v) is 9.93. The number of fused-ring (bicyclic) bond motifs is 1. The number of benzene rings is 2. The van der Waals surface area contributed by atoms with Gasteiger partial charge >= 0.3 is 0 Å². The number of hydrogen-bond donors (Lipinski definition) is 0. The van der Waals surface area contributed by atoms with Crippen molar-refractivity contribution in [1.82, 2.24) is 9.38 Å². The van der Waals surface area contributed by atoms with Crippen LogP contribution in [0.4, 0.5) is 4.39 Å². The van der Waals surface area contributed by atoms with E-state index in [0.717, 1.165) is 38.2 Å². The van der Waals surface area contributed by atoms with Crippen LogP contribution in [-0.4, -0.2) is 23.6 Å². The van der Waals surface area contributed by atoms with Gasteiger partial charge in [0, 0.05) is 22.7 Å². The summed E-state index contributed by atoms with van der Waals surface area (Å²) in [4.78, 5) is 4.93. The van der Waals surface area contributed by atoms with Gasteiger partial charge in [0.1, 0.15) is 11.5 Å². The number of pyridine rings is 1. The minimum atomic E-state index is -0.249. The topological polar surface area (TPSA) is 35.8 Å². The van der Waals surface area contributed by atoms with Crippen LogP contribution in [0.2, 0.25) is 0 Å². The van der Waals surface area contributed by atoms with E-state index in [-0.39, 0.29) is 5.82 Å². The van der Waals surface area contributed by atoms with Gasteiger partial charge in [-0.15, -0.1) is 0 Å². The molecule has 2 aromatic carbocycles. The molecule has 0 radical (unpaired) electrons. The van der Waals surface area contributed by atoms with E-state index in [1.165, 1.54) is 6.07 Å². The van der Waals surface area contributed by atoms with Crippen molar-refractivity contribution < 1.29 is 13.9 Å². The first-order chi connectivity index (χ1) is 14.0. The SMILES string of the molecule is COc1ccc(-c2nc3c(C)cc(Br)cn3c2Cc2cccc(F)c2)cc1OC. The van der Waals surface area contributed by atoms with Crippen LogP contribution >= 0.6 is 15.9 Å². The second-order valence-electron chi connectivity index (χ2n) is 6.82. The lowest BCUT2D eigenvalue weighted by molar-refractivity contribution is 0.355. The van der Waals surface area contributed by atoms with Gasteiger partial charge in [0.15, 0.2) is 11.5 Å². The minimum absolute atomic E-state index is 0.249. The summed E-state index contributed by atoms with van der Waals surface area (Å²) < 4.78 is 27.6. The quantitative estimate of drug-likeness (QED) is 0.381. The Labute approximate surface area is 177 Å². The summed E-state index contributed by atoms with van der Waals surface area (Å²) in [5.74, 6) is 1.05. The lowest BCUT2D eigenvalue weighted by atomic mass is 10.0. The largest absolute Gasteiger partial charge is 0.493 e. The molecule has 0 bridgehead atoms. The van der Waals surface area contributed by atoms with Gasteiger partial charge in [-0.2, -0.15) is 0 Å². The number of aryl methyl sites for hydroxylation is 1. The molecular formula is C23H20BrFN2O2. The number of aromatic nitrogens is 2. The van der Waals surface area contributed by atoms with Gasteiger partial charge in [-0.25, -0.2) is 9.37 Å². The predicted molar refractivity (Wildman–Crippen MR) is 115 cm³/mol. The molecule has 148 valence electrons. The maximum atomic E-state index is 13.8. The zero-order valence-electron chi connectivity index (χ0n) is 16.4. The van der Waals surface area contributed by atoms with Crippen LogP contribution in [-0.2, 0) is 6.42 Å². The Kier molecular flexibility index (Phi) is 5.28. The third kappa shape index (κ3) is 3.72. The Morgan fingerprint density at radius 3 is 2.55 bits per heavy atom. The van der Waals surface area contributed by atoms with E-state index in [1.54, 1.807) is 26.4 Å². The van der Waals surface area contributed by atoms with E-state index >= 15 is 0 Å². The molecule has 4 rings (SSSR count). The van der Waals surface area contributed by atoms with Crippen LogP contribution in [0, 0.1) is 12.7 Å². The van der Waals surface area contributed by atoms with E-state index in [9.17, 15) is 4.39 Å². The monoisotopic (exact) mass is 454 g/mol. The lowest BCUT2D eigenvalue weighted by Crippen LogP contribution is -1.98. The smallest absolute Gasteiger partial charge is 0.161 e. The van der Waals surface area contributed by atoms with Gasteiger partial charge < -0.3 is 13.9 Å². The number of methoxy groups -OCH3 is 2. The summed E-state index contributed by atoms with van der Waals surface area (Å²) in [6, 6.07) is 14.4. The molecule has 0 aliphatic heterocycles. The summed E-state index contributed by atoms with van der Waals surface area (Å²) in [7, 11) is 3.22. The Morgan fingerprint density at radius 1 is 1.03 bits per heavy atom. The van der Waals surface area contributed by atoms with Gasteiger partial charge in [0.2, 0.25) is 0 Å². The fourth-order valence-electron chi connectivity index (χ4n) is 3.54. The van der Waals surface area contributed by atoms with Gasteiger partial charge in [0.05, 0.1) is 25.6 Å². The fraction of sp³-hybridized carbons (Fsp3) is 0.174. The number of hydrogen-bond acceptors (Lipinski definition) is 3. The van der Waals surface area contributed by atoms with Gasteiger partial charge in [0.25, 0.3) is 0 Å². The lowest BCUT2D eigenvalue weighted by Gasteiger charge is -2.10. The van der Waals surface area contributed by atoms with E-state index in [2.05, 4.69) is 20.3 Å². The zero-order valence-corrected chi connectivity index (χ0v) is 18.0. The highest BCUT2D eigenvalue weighted by molar-refractivity contribution is 9.10. The van der Waals surface area contributed by atoms with Gasteiger partial charge in [-0.05, 0) is 70.4 Å². The molecule has 0 spiro atoms. The molecule has 4 nitrogen and oxygen atoms in total. The van der Waals surface area contributed by atoms with Gasteiger partial charge in [-0.3, -0.25) is 0 Å². The highest BCUT2D eigenvalue weighted by Gasteiger charge is 2.18.